The zero-order valence-electron chi connectivity index (χ0n) is 8.42. The lowest BCUT2D eigenvalue weighted by Gasteiger charge is -2.21. The smallest absolute Gasteiger partial charge is 0.0170 e. The number of rotatable bonds is 4. The molecule has 2 N–H and O–H groups in total. The van der Waals surface area contributed by atoms with E-state index in [4.69, 9.17) is 5.73 Å². The number of likely N-dealkylation sites (tertiary alicyclic amines) is 1. The quantitative estimate of drug-likeness (QED) is 0.692. The molecular formula is C10H22N2. The number of nitrogens with zero attached hydrogens (tertiary/aromatic N) is 1. The number of hydrogen-bond donors (Lipinski definition) is 1. The Morgan fingerprint density at radius 3 is 2.33 bits per heavy atom. The largest absolute Gasteiger partial charge is 0.327 e. The van der Waals surface area contributed by atoms with Crippen LogP contribution in [0.1, 0.15) is 33.1 Å². The summed E-state index contributed by atoms with van der Waals surface area (Å²) in [5, 5.41) is 0. The highest BCUT2D eigenvalue weighted by molar-refractivity contribution is 4.73. The van der Waals surface area contributed by atoms with Crippen LogP contribution in [0.3, 0.4) is 0 Å². The van der Waals surface area contributed by atoms with Crippen molar-refractivity contribution >= 4 is 0 Å². The van der Waals surface area contributed by atoms with Crippen molar-refractivity contribution in [3.05, 3.63) is 0 Å². The standard InChI is InChI=1S/C10H22N2/c1-9(2)7-10(11)8-12-5-3-4-6-12/h9-10H,3-8,11H2,1-2H3/t10-/m1/s1. The maximum Gasteiger partial charge on any atom is 0.0170 e. The van der Waals surface area contributed by atoms with E-state index in [2.05, 4.69) is 18.7 Å². The molecule has 0 aromatic heterocycles. The lowest BCUT2D eigenvalue weighted by atomic mass is 10.0. The van der Waals surface area contributed by atoms with Gasteiger partial charge in [-0.2, -0.15) is 0 Å². The van der Waals surface area contributed by atoms with E-state index in [9.17, 15) is 0 Å². The van der Waals surface area contributed by atoms with Gasteiger partial charge in [0.2, 0.25) is 0 Å². The van der Waals surface area contributed by atoms with Crippen LogP contribution in [0.2, 0.25) is 0 Å². The van der Waals surface area contributed by atoms with Crippen molar-refractivity contribution in [2.24, 2.45) is 11.7 Å². The normalized spacial score (nSPS) is 22.0. The van der Waals surface area contributed by atoms with Gasteiger partial charge in [-0.3, -0.25) is 0 Å². The summed E-state index contributed by atoms with van der Waals surface area (Å²) in [5.74, 6) is 0.739. The molecule has 1 aliphatic heterocycles. The summed E-state index contributed by atoms with van der Waals surface area (Å²) < 4.78 is 0. The summed E-state index contributed by atoms with van der Waals surface area (Å²) in [4.78, 5) is 2.49. The molecule has 1 rings (SSSR count). The lowest BCUT2D eigenvalue weighted by Crippen LogP contribution is -2.36. The molecule has 72 valence electrons. The SMILES string of the molecule is CC(C)C[C@@H](N)CN1CCCC1. The van der Waals surface area contributed by atoms with Gasteiger partial charge in [0, 0.05) is 12.6 Å². The average molecular weight is 170 g/mol. The van der Waals surface area contributed by atoms with Crippen molar-refractivity contribution in [2.45, 2.75) is 39.2 Å². The third-order valence-electron chi connectivity index (χ3n) is 2.47. The Morgan fingerprint density at radius 2 is 1.83 bits per heavy atom. The molecule has 1 fully saturated rings. The van der Waals surface area contributed by atoms with Gasteiger partial charge >= 0.3 is 0 Å². The van der Waals surface area contributed by atoms with Gasteiger partial charge < -0.3 is 10.6 Å². The summed E-state index contributed by atoms with van der Waals surface area (Å²) in [6.45, 7) is 8.13. The Hall–Kier alpha value is -0.0800. The first-order chi connectivity index (χ1) is 5.68. The van der Waals surface area contributed by atoms with Crippen LogP contribution < -0.4 is 5.73 Å². The Balaban J connectivity index is 2.11. The predicted octanol–water partition coefficient (Wildman–Crippen LogP) is 1.46. The van der Waals surface area contributed by atoms with Gasteiger partial charge in [-0.15, -0.1) is 0 Å². The molecule has 2 nitrogen and oxygen atoms in total. The molecule has 0 bridgehead atoms. The van der Waals surface area contributed by atoms with Gasteiger partial charge in [0.05, 0.1) is 0 Å². The molecule has 0 spiro atoms. The average Bonchev–Trinajstić information content (AvgIpc) is 2.37. The Labute approximate surface area is 76.1 Å². The molecule has 0 amide bonds. The first-order valence-corrected chi connectivity index (χ1v) is 5.16. The van der Waals surface area contributed by atoms with E-state index in [1.807, 2.05) is 0 Å². The van der Waals surface area contributed by atoms with Gasteiger partial charge in [0.15, 0.2) is 0 Å². The molecule has 2 heteroatoms. The minimum Gasteiger partial charge on any atom is -0.327 e. The molecule has 0 aliphatic carbocycles. The van der Waals surface area contributed by atoms with Crippen molar-refractivity contribution in [1.29, 1.82) is 0 Å². The molecular weight excluding hydrogens is 148 g/mol. The molecule has 0 aromatic carbocycles. The maximum atomic E-state index is 6.01. The van der Waals surface area contributed by atoms with Crippen LogP contribution in [0.5, 0.6) is 0 Å². The van der Waals surface area contributed by atoms with Crippen LogP contribution in [0, 0.1) is 5.92 Å². The first kappa shape index (κ1) is 10.0. The zero-order valence-corrected chi connectivity index (χ0v) is 8.42. The number of nitrogens with two attached hydrogens (primary N) is 1. The minimum absolute atomic E-state index is 0.392. The van der Waals surface area contributed by atoms with E-state index >= 15 is 0 Å². The van der Waals surface area contributed by atoms with Crippen LogP contribution in [-0.4, -0.2) is 30.6 Å². The number of hydrogen-bond acceptors (Lipinski definition) is 2. The lowest BCUT2D eigenvalue weighted by molar-refractivity contribution is 0.296. The Kier molecular flexibility index (Phi) is 4.02. The van der Waals surface area contributed by atoms with Crippen molar-refractivity contribution in [2.75, 3.05) is 19.6 Å². The molecule has 1 atom stereocenters. The second-order valence-corrected chi connectivity index (χ2v) is 4.40. The molecule has 0 unspecified atom stereocenters. The van der Waals surface area contributed by atoms with Crippen molar-refractivity contribution < 1.29 is 0 Å². The van der Waals surface area contributed by atoms with Crippen LogP contribution in [0.4, 0.5) is 0 Å². The highest BCUT2D eigenvalue weighted by Gasteiger charge is 2.15. The van der Waals surface area contributed by atoms with Gasteiger partial charge in [0.1, 0.15) is 0 Å². The van der Waals surface area contributed by atoms with Crippen molar-refractivity contribution in [1.82, 2.24) is 4.90 Å². The summed E-state index contributed by atoms with van der Waals surface area (Å²) >= 11 is 0. The third-order valence-corrected chi connectivity index (χ3v) is 2.47. The molecule has 0 radical (unpaired) electrons. The van der Waals surface area contributed by atoms with Crippen LogP contribution in [-0.2, 0) is 0 Å². The summed E-state index contributed by atoms with van der Waals surface area (Å²) in [5.41, 5.74) is 6.01. The van der Waals surface area contributed by atoms with E-state index in [-0.39, 0.29) is 0 Å². The van der Waals surface area contributed by atoms with Crippen molar-refractivity contribution in [3.63, 3.8) is 0 Å². The van der Waals surface area contributed by atoms with Gasteiger partial charge in [0.25, 0.3) is 0 Å². The summed E-state index contributed by atoms with van der Waals surface area (Å²) in [7, 11) is 0. The fourth-order valence-corrected chi connectivity index (χ4v) is 1.98. The Bertz CT molecular complexity index is 117. The Morgan fingerprint density at radius 1 is 1.25 bits per heavy atom. The summed E-state index contributed by atoms with van der Waals surface area (Å²) in [6, 6.07) is 0.392. The molecule has 1 heterocycles. The van der Waals surface area contributed by atoms with Gasteiger partial charge in [-0.25, -0.2) is 0 Å². The fraction of sp³-hybridized carbons (Fsp3) is 1.00. The molecule has 12 heavy (non-hydrogen) atoms. The van der Waals surface area contributed by atoms with E-state index in [0.29, 0.717) is 6.04 Å². The van der Waals surface area contributed by atoms with E-state index < -0.39 is 0 Å². The van der Waals surface area contributed by atoms with E-state index in [0.717, 1.165) is 18.9 Å². The first-order valence-electron chi connectivity index (χ1n) is 5.16. The van der Waals surface area contributed by atoms with Gasteiger partial charge in [-0.1, -0.05) is 13.8 Å². The second-order valence-electron chi connectivity index (χ2n) is 4.40. The van der Waals surface area contributed by atoms with Crippen LogP contribution >= 0.6 is 0 Å². The molecule has 0 saturated carbocycles. The summed E-state index contributed by atoms with van der Waals surface area (Å²) in [6.07, 6.45) is 3.90. The van der Waals surface area contributed by atoms with Gasteiger partial charge in [-0.05, 0) is 38.3 Å². The minimum atomic E-state index is 0.392. The zero-order chi connectivity index (χ0) is 8.97. The van der Waals surface area contributed by atoms with Crippen molar-refractivity contribution in [3.8, 4) is 0 Å². The third kappa shape index (κ3) is 3.55. The molecule has 0 aromatic rings. The van der Waals surface area contributed by atoms with E-state index in [1.54, 1.807) is 0 Å². The topological polar surface area (TPSA) is 29.3 Å². The maximum absolute atomic E-state index is 6.01. The highest BCUT2D eigenvalue weighted by Crippen LogP contribution is 2.10. The van der Waals surface area contributed by atoms with Crippen LogP contribution in [0.15, 0.2) is 0 Å². The van der Waals surface area contributed by atoms with Crippen LogP contribution in [0.25, 0.3) is 0 Å². The molecule has 1 saturated heterocycles. The predicted molar refractivity (Wildman–Crippen MR) is 53.1 cm³/mol. The van der Waals surface area contributed by atoms with E-state index in [1.165, 1.54) is 25.9 Å². The second kappa shape index (κ2) is 4.83. The monoisotopic (exact) mass is 170 g/mol. The molecule has 1 aliphatic rings. The fourth-order valence-electron chi connectivity index (χ4n) is 1.98. The highest BCUT2D eigenvalue weighted by atomic mass is 15.1.